The van der Waals surface area contributed by atoms with Gasteiger partial charge in [-0.3, -0.25) is 14.8 Å². The average Bonchev–Trinajstić information content (AvgIpc) is 2.80. The fraction of sp³-hybridized carbons (Fsp3) is 0.167. The lowest BCUT2D eigenvalue weighted by Gasteiger charge is -2.13. The lowest BCUT2D eigenvalue weighted by Crippen LogP contribution is -2.37. The van der Waals surface area contributed by atoms with E-state index in [4.69, 9.17) is 21.7 Å². The fourth-order valence-electron chi connectivity index (χ4n) is 2.92. The predicted octanol–water partition coefficient (Wildman–Crippen LogP) is 4.00. The Balaban J connectivity index is 1.53. The van der Waals surface area contributed by atoms with Gasteiger partial charge in [-0.25, -0.2) is 8.42 Å². The summed E-state index contributed by atoms with van der Waals surface area (Å²) in [6.45, 7) is 3.65. The van der Waals surface area contributed by atoms with E-state index in [0.29, 0.717) is 22.9 Å². The quantitative estimate of drug-likeness (QED) is 0.402. The maximum atomic E-state index is 12.6. The molecule has 0 aliphatic heterocycles. The first kappa shape index (κ1) is 25.0. The molecule has 178 valence electrons. The molecule has 0 saturated carbocycles. The van der Waals surface area contributed by atoms with Crippen molar-refractivity contribution in [3.63, 3.8) is 0 Å². The van der Waals surface area contributed by atoms with Crippen molar-refractivity contribution >= 4 is 44.6 Å². The van der Waals surface area contributed by atoms with Crippen molar-refractivity contribution in [3.05, 3.63) is 77.9 Å². The standard InChI is InChI=1S/C24H25N3O5S2/c1-16-4-5-17(2)22(14-16)32-15-23(28)26-24(33)25-18-8-12-21(13-9-18)34(29,30)27-19-6-10-20(31-3)11-7-19/h4-14,27H,15H2,1-3H3,(H2,25,26,28,33). The molecule has 10 heteroatoms. The number of hydrogen-bond acceptors (Lipinski definition) is 6. The van der Waals surface area contributed by atoms with E-state index in [1.165, 1.54) is 19.2 Å². The molecule has 0 saturated heterocycles. The molecule has 0 aliphatic rings. The number of sulfonamides is 1. The van der Waals surface area contributed by atoms with Crippen molar-refractivity contribution in [2.75, 3.05) is 23.8 Å². The highest BCUT2D eigenvalue weighted by atomic mass is 32.2. The van der Waals surface area contributed by atoms with Gasteiger partial charge in [0.2, 0.25) is 0 Å². The zero-order valence-corrected chi connectivity index (χ0v) is 20.5. The molecule has 3 rings (SSSR count). The number of amides is 1. The average molecular weight is 500 g/mol. The zero-order valence-electron chi connectivity index (χ0n) is 18.9. The van der Waals surface area contributed by atoms with Gasteiger partial charge in [-0.15, -0.1) is 0 Å². The predicted molar refractivity (Wildman–Crippen MR) is 136 cm³/mol. The Morgan fingerprint density at radius 2 is 1.59 bits per heavy atom. The molecule has 0 fully saturated rings. The second-order valence-corrected chi connectivity index (χ2v) is 9.51. The van der Waals surface area contributed by atoms with Crippen LogP contribution >= 0.6 is 12.2 Å². The Morgan fingerprint density at radius 1 is 0.941 bits per heavy atom. The molecule has 0 spiro atoms. The van der Waals surface area contributed by atoms with Gasteiger partial charge in [-0.05, 0) is 91.8 Å². The van der Waals surface area contributed by atoms with Gasteiger partial charge in [0.1, 0.15) is 11.5 Å². The number of methoxy groups -OCH3 is 1. The largest absolute Gasteiger partial charge is 0.497 e. The topological polar surface area (TPSA) is 106 Å². The molecule has 0 unspecified atom stereocenters. The summed E-state index contributed by atoms with van der Waals surface area (Å²) in [5, 5.41) is 5.45. The molecular weight excluding hydrogens is 474 g/mol. The highest BCUT2D eigenvalue weighted by molar-refractivity contribution is 7.92. The molecule has 0 bridgehead atoms. The molecule has 1 amide bonds. The van der Waals surface area contributed by atoms with E-state index in [9.17, 15) is 13.2 Å². The summed E-state index contributed by atoms with van der Waals surface area (Å²) >= 11 is 5.16. The maximum Gasteiger partial charge on any atom is 0.264 e. The van der Waals surface area contributed by atoms with Crippen LogP contribution in [0, 0.1) is 13.8 Å². The van der Waals surface area contributed by atoms with Crippen LogP contribution in [0.5, 0.6) is 11.5 Å². The summed E-state index contributed by atoms with van der Waals surface area (Å²) in [7, 11) is -2.24. The third kappa shape index (κ3) is 6.93. The van der Waals surface area contributed by atoms with Gasteiger partial charge in [0.25, 0.3) is 15.9 Å². The van der Waals surface area contributed by atoms with Crippen LogP contribution in [-0.2, 0) is 14.8 Å². The number of benzene rings is 3. The van der Waals surface area contributed by atoms with Crippen LogP contribution in [0.1, 0.15) is 11.1 Å². The normalized spacial score (nSPS) is 10.8. The van der Waals surface area contributed by atoms with Gasteiger partial charge in [-0.1, -0.05) is 12.1 Å². The van der Waals surface area contributed by atoms with Crippen LogP contribution in [0.15, 0.2) is 71.6 Å². The van der Waals surface area contributed by atoms with Crippen molar-refractivity contribution in [1.82, 2.24) is 5.32 Å². The Bertz CT molecular complexity index is 1270. The van der Waals surface area contributed by atoms with E-state index in [2.05, 4.69) is 15.4 Å². The first-order valence-corrected chi connectivity index (χ1v) is 12.1. The van der Waals surface area contributed by atoms with E-state index in [1.807, 2.05) is 32.0 Å². The van der Waals surface area contributed by atoms with E-state index in [-0.39, 0.29) is 16.6 Å². The molecule has 0 atom stereocenters. The number of anilines is 2. The number of carbonyl (C=O) groups excluding carboxylic acids is 1. The summed E-state index contributed by atoms with van der Waals surface area (Å²) in [6, 6.07) is 18.2. The molecule has 3 aromatic carbocycles. The summed E-state index contributed by atoms with van der Waals surface area (Å²) in [5.74, 6) is 0.841. The van der Waals surface area contributed by atoms with Crippen LogP contribution in [0.4, 0.5) is 11.4 Å². The molecule has 8 nitrogen and oxygen atoms in total. The SMILES string of the molecule is COc1ccc(NS(=O)(=O)c2ccc(NC(=S)NC(=O)COc3cc(C)ccc3C)cc2)cc1. The molecule has 0 radical (unpaired) electrons. The molecular formula is C24H25N3O5S2. The third-order valence-corrected chi connectivity index (χ3v) is 6.32. The van der Waals surface area contributed by atoms with Crippen molar-refractivity contribution in [2.24, 2.45) is 0 Å². The Kier molecular flexibility index (Phi) is 8.08. The van der Waals surface area contributed by atoms with Crippen LogP contribution in [0.25, 0.3) is 0 Å². The van der Waals surface area contributed by atoms with E-state index in [1.54, 1.807) is 36.4 Å². The first-order valence-electron chi connectivity index (χ1n) is 10.2. The number of nitrogens with one attached hydrogen (secondary N) is 3. The molecule has 3 N–H and O–H groups in total. The summed E-state index contributed by atoms with van der Waals surface area (Å²) in [5.41, 5.74) is 2.89. The Labute approximate surface area is 204 Å². The van der Waals surface area contributed by atoms with Gasteiger partial charge in [-0.2, -0.15) is 0 Å². The highest BCUT2D eigenvalue weighted by Gasteiger charge is 2.14. The van der Waals surface area contributed by atoms with Gasteiger partial charge in [0.05, 0.1) is 12.0 Å². The molecule has 0 aromatic heterocycles. The van der Waals surface area contributed by atoms with Crippen LogP contribution in [0.3, 0.4) is 0 Å². The number of hydrogen-bond donors (Lipinski definition) is 3. The molecule has 0 aliphatic carbocycles. The van der Waals surface area contributed by atoms with Crippen molar-refractivity contribution in [1.29, 1.82) is 0 Å². The number of ether oxygens (including phenoxy) is 2. The minimum Gasteiger partial charge on any atom is -0.497 e. The van der Waals surface area contributed by atoms with Crippen LogP contribution in [0.2, 0.25) is 0 Å². The van der Waals surface area contributed by atoms with Crippen molar-refractivity contribution in [3.8, 4) is 11.5 Å². The van der Waals surface area contributed by atoms with Gasteiger partial charge in [0.15, 0.2) is 11.7 Å². The zero-order chi connectivity index (χ0) is 24.7. The second kappa shape index (κ2) is 11.0. The first-order chi connectivity index (χ1) is 16.2. The lowest BCUT2D eigenvalue weighted by molar-refractivity contribution is -0.121. The number of thiocarbonyl (C=S) groups is 1. The monoisotopic (exact) mass is 499 g/mol. The summed E-state index contributed by atoms with van der Waals surface area (Å²) in [4.78, 5) is 12.2. The summed E-state index contributed by atoms with van der Waals surface area (Å²) < 4.78 is 38.4. The van der Waals surface area contributed by atoms with Crippen LogP contribution in [-0.4, -0.2) is 33.2 Å². The van der Waals surface area contributed by atoms with E-state index >= 15 is 0 Å². The summed E-state index contributed by atoms with van der Waals surface area (Å²) in [6.07, 6.45) is 0. The maximum absolute atomic E-state index is 12.6. The number of aryl methyl sites for hydroxylation is 2. The van der Waals surface area contributed by atoms with Gasteiger partial charge >= 0.3 is 0 Å². The van der Waals surface area contributed by atoms with Crippen LogP contribution < -0.4 is 24.8 Å². The van der Waals surface area contributed by atoms with E-state index < -0.39 is 15.9 Å². The fourth-order valence-corrected chi connectivity index (χ4v) is 4.21. The Hall–Kier alpha value is -3.63. The lowest BCUT2D eigenvalue weighted by atomic mass is 10.1. The molecule has 0 heterocycles. The molecule has 3 aromatic rings. The second-order valence-electron chi connectivity index (χ2n) is 7.42. The minimum atomic E-state index is -3.78. The number of rotatable bonds is 8. The minimum absolute atomic E-state index is 0.0709. The van der Waals surface area contributed by atoms with Crippen molar-refractivity contribution in [2.45, 2.75) is 18.7 Å². The smallest absolute Gasteiger partial charge is 0.264 e. The Morgan fingerprint density at radius 3 is 2.24 bits per heavy atom. The highest BCUT2D eigenvalue weighted by Crippen LogP contribution is 2.21. The van der Waals surface area contributed by atoms with Crippen molar-refractivity contribution < 1.29 is 22.7 Å². The molecule has 34 heavy (non-hydrogen) atoms. The van der Waals surface area contributed by atoms with Gasteiger partial charge < -0.3 is 14.8 Å². The van der Waals surface area contributed by atoms with E-state index in [0.717, 1.165) is 11.1 Å². The number of carbonyl (C=O) groups is 1. The van der Waals surface area contributed by atoms with Gasteiger partial charge in [0, 0.05) is 11.4 Å². The third-order valence-electron chi connectivity index (χ3n) is 4.72.